The Balaban J connectivity index is 1.69. The van der Waals surface area contributed by atoms with Crippen molar-refractivity contribution in [1.82, 2.24) is 0 Å². The van der Waals surface area contributed by atoms with E-state index in [4.69, 9.17) is 9.47 Å². The zero-order valence-electron chi connectivity index (χ0n) is 16.5. The number of carbonyl (C=O) groups is 2. The molecule has 2 saturated carbocycles. The summed E-state index contributed by atoms with van der Waals surface area (Å²) >= 11 is 0. The number of Topliss-reactive ketones (excluding diaryl/α,β-unsaturated/α-hetero) is 2. The first kappa shape index (κ1) is 20.4. The van der Waals surface area contributed by atoms with Gasteiger partial charge in [0.05, 0.1) is 30.1 Å². The fourth-order valence-corrected chi connectivity index (χ4v) is 8.79. The Labute approximate surface area is 166 Å². The SMILES string of the molecule is CC1CC(C(=O)C2C(=O)CCCC2[O-])C(C)C2C1S(=O)(=O)CCC21OCCO1. The maximum absolute atomic E-state index is 13.3. The van der Waals surface area contributed by atoms with Crippen molar-refractivity contribution in [1.29, 1.82) is 0 Å². The van der Waals surface area contributed by atoms with E-state index in [2.05, 4.69) is 0 Å². The molecule has 0 amide bonds. The molecule has 0 bridgehead atoms. The highest BCUT2D eigenvalue weighted by atomic mass is 32.2. The van der Waals surface area contributed by atoms with Crippen LogP contribution in [-0.4, -0.2) is 56.1 Å². The molecule has 158 valence electrons. The first-order chi connectivity index (χ1) is 13.2. The first-order valence-electron chi connectivity index (χ1n) is 10.4. The van der Waals surface area contributed by atoms with Gasteiger partial charge >= 0.3 is 0 Å². The average molecular weight is 414 g/mol. The molecule has 4 rings (SSSR count). The molecule has 0 aromatic carbocycles. The molecule has 0 N–H and O–H groups in total. The van der Waals surface area contributed by atoms with E-state index in [1.54, 1.807) is 0 Å². The minimum atomic E-state index is -3.32. The molecule has 8 heteroatoms. The highest BCUT2D eigenvalue weighted by molar-refractivity contribution is 7.92. The van der Waals surface area contributed by atoms with E-state index in [0.717, 1.165) is 0 Å². The molecule has 4 fully saturated rings. The third-order valence-corrected chi connectivity index (χ3v) is 9.84. The van der Waals surface area contributed by atoms with Gasteiger partial charge in [-0.25, -0.2) is 8.42 Å². The van der Waals surface area contributed by atoms with Gasteiger partial charge in [-0.05, 0) is 24.7 Å². The summed E-state index contributed by atoms with van der Waals surface area (Å²) in [4.78, 5) is 25.7. The van der Waals surface area contributed by atoms with Gasteiger partial charge in [0.2, 0.25) is 0 Å². The van der Waals surface area contributed by atoms with E-state index in [9.17, 15) is 23.1 Å². The molecule has 4 aliphatic rings. The molecule has 7 unspecified atom stereocenters. The number of ether oxygens (including phenoxy) is 2. The van der Waals surface area contributed by atoms with Crippen molar-refractivity contribution in [3.8, 4) is 0 Å². The third-order valence-electron chi connectivity index (χ3n) is 7.48. The largest absolute Gasteiger partial charge is 0.851 e. The van der Waals surface area contributed by atoms with E-state index < -0.39 is 44.7 Å². The van der Waals surface area contributed by atoms with Crippen LogP contribution >= 0.6 is 0 Å². The van der Waals surface area contributed by atoms with Crippen molar-refractivity contribution in [2.75, 3.05) is 19.0 Å². The standard InChI is InChI=1S/C20H29O7S/c1-11-10-13(18(23)16-14(21)4-3-5-15(16)22)12(2)17-19(11)28(24,25)9-6-20(17)26-7-8-27-20/h11-14,16-17,19H,3-10H2,1-2H3/q-1. The number of hydrogen-bond acceptors (Lipinski definition) is 7. The topological polar surface area (TPSA) is 110 Å². The summed E-state index contributed by atoms with van der Waals surface area (Å²) < 4.78 is 37.7. The lowest BCUT2D eigenvalue weighted by Crippen LogP contribution is -2.63. The molecule has 2 aliphatic heterocycles. The van der Waals surface area contributed by atoms with Gasteiger partial charge in [0.15, 0.2) is 15.6 Å². The van der Waals surface area contributed by atoms with Crippen LogP contribution in [0.1, 0.15) is 46.0 Å². The summed E-state index contributed by atoms with van der Waals surface area (Å²) in [6.07, 6.45) is 0.629. The lowest BCUT2D eigenvalue weighted by Gasteiger charge is -2.53. The number of sulfone groups is 1. The molecule has 0 aromatic heterocycles. The van der Waals surface area contributed by atoms with Gasteiger partial charge in [0.25, 0.3) is 0 Å². The highest BCUT2D eigenvalue weighted by Gasteiger charge is 2.62. The molecule has 2 saturated heterocycles. The Morgan fingerprint density at radius 2 is 1.89 bits per heavy atom. The Morgan fingerprint density at radius 3 is 2.54 bits per heavy atom. The summed E-state index contributed by atoms with van der Waals surface area (Å²) in [6.45, 7) is 4.54. The zero-order chi connectivity index (χ0) is 20.3. The van der Waals surface area contributed by atoms with Gasteiger partial charge in [0, 0.05) is 24.7 Å². The van der Waals surface area contributed by atoms with Gasteiger partial charge in [-0.2, -0.15) is 0 Å². The summed E-state index contributed by atoms with van der Waals surface area (Å²) in [7, 11) is -3.32. The van der Waals surface area contributed by atoms with Crippen LogP contribution in [0.4, 0.5) is 0 Å². The van der Waals surface area contributed by atoms with E-state index in [0.29, 0.717) is 32.5 Å². The number of fused-ring (bicyclic) bond motifs is 2. The number of hydrogen-bond donors (Lipinski definition) is 0. The smallest absolute Gasteiger partial charge is 0.173 e. The lowest BCUT2D eigenvalue weighted by atomic mass is 9.61. The Morgan fingerprint density at radius 1 is 1.21 bits per heavy atom. The van der Waals surface area contributed by atoms with Gasteiger partial charge in [-0.15, -0.1) is 6.10 Å². The second kappa shape index (κ2) is 7.15. The average Bonchev–Trinajstić information content (AvgIpc) is 3.09. The monoisotopic (exact) mass is 413 g/mol. The molecule has 0 radical (unpaired) electrons. The van der Waals surface area contributed by atoms with Crippen LogP contribution in [0, 0.1) is 29.6 Å². The van der Waals surface area contributed by atoms with Crippen molar-refractivity contribution in [2.24, 2.45) is 29.6 Å². The van der Waals surface area contributed by atoms with Crippen molar-refractivity contribution in [3.63, 3.8) is 0 Å². The van der Waals surface area contributed by atoms with Crippen LogP contribution in [0.15, 0.2) is 0 Å². The first-order valence-corrected chi connectivity index (χ1v) is 12.1. The predicted octanol–water partition coefficient (Wildman–Crippen LogP) is 0.492. The minimum Gasteiger partial charge on any atom is -0.851 e. The van der Waals surface area contributed by atoms with Crippen LogP contribution in [0.5, 0.6) is 0 Å². The van der Waals surface area contributed by atoms with Gasteiger partial charge in [-0.1, -0.05) is 20.3 Å². The van der Waals surface area contributed by atoms with Crippen molar-refractivity contribution in [3.05, 3.63) is 0 Å². The third kappa shape index (κ3) is 3.07. The van der Waals surface area contributed by atoms with E-state index in [1.165, 1.54) is 0 Å². The van der Waals surface area contributed by atoms with Crippen LogP contribution in [0.3, 0.4) is 0 Å². The lowest BCUT2D eigenvalue weighted by molar-refractivity contribution is -0.429. The van der Waals surface area contributed by atoms with Crippen LogP contribution < -0.4 is 5.11 Å². The van der Waals surface area contributed by atoms with Crippen molar-refractivity contribution < 1.29 is 32.6 Å². The molecule has 0 aromatic rings. The Bertz CT molecular complexity index is 755. The molecule has 7 nitrogen and oxygen atoms in total. The molecule has 28 heavy (non-hydrogen) atoms. The fraction of sp³-hybridized carbons (Fsp3) is 0.900. The van der Waals surface area contributed by atoms with Crippen molar-refractivity contribution >= 4 is 21.4 Å². The number of ketones is 2. The molecular weight excluding hydrogens is 384 g/mol. The number of rotatable bonds is 2. The Hall–Kier alpha value is -0.830. The fourth-order valence-electron chi connectivity index (χ4n) is 6.23. The maximum Gasteiger partial charge on any atom is 0.173 e. The van der Waals surface area contributed by atoms with E-state index in [-0.39, 0.29) is 42.0 Å². The summed E-state index contributed by atoms with van der Waals surface area (Å²) in [6, 6.07) is 0. The predicted molar refractivity (Wildman–Crippen MR) is 97.9 cm³/mol. The van der Waals surface area contributed by atoms with E-state index >= 15 is 0 Å². The molecule has 1 spiro atoms. The zero-order valence-corrected chi connectivity index (χ0v) is 17.3. The maximum atomic E-state index is 13.3. The minimum absolute atomic E-state index is 0.0214. The highest BCUT2D eigenvalue weighted by Crippen LogP contribution is 2.53. The molecule has 2 heterocycles. The van der Waals surface area contributed by atoms with Gasteiger partial charge in [-0.3, -0.25) is 9.59 Å². The summed E-state index contributed by atoms with van der Waals surface area (Å²) in [5.41, 5.74) is 0. The van der Waals surface area contributed by atoms with Crippen molar-refractivity contribution in [2.45, 2.75) is 63.1 Å². The second-order valence-electron chi connectivity index (χ2n) is 9.07. The molecule has 2 aliphatic carbocycles. The van der Waals surface area contributed by atoms with Gasteiger partial charge in [0.1, 0.15) is 11.6 Å². The number of carbonyl (C=O) groups excluding carboxylic acids is 2. The second-order valence-corrected chi connectivity index (χ2v) is 11.4. The Kier molecular flexibility index (Phi) is 5.22. The van der Waals surface area contributed by atoms with Gasteiger partial charge < -0.3 is 14.6 Å². The molecule has 7 atom stereocenters. The van der Waals surface area contributed by atoms with E-state index in [1.807, 2.05) is 13.8 Å². The van der Waals surface area contributed by atoms with Crippen LogP contribution in [0.25, 0.3) is 0 Å². The molecular formula is C20H29O7S-. The normalized spacial score (nSPS) is 45.0. The van der Waals surface area contributed by atoms with Crippen LogP contribution in [-0.2, 0) is 28.9 Å². The quantitative estimate of drug-likeness (QED) is 0.606. The van der Waals surface area contributed by atoms with Crippen LogP contribution in [0.2, 0.25) is 0 Å². The summed E-state index contributed by atoms with van der Waals surface area (Å²) in [5.74, 6) is -4.16. The summed E-state index contributed by atoms with van der Waals surface area (Å²) in [5, 5.41) is 11.8.